The molecule has 0 aliphatic carbocycles. The van der Waals surface area contributed by atoms with Gasteiger partial charge in [-0.05, 0) is 20.8 Å². The molecule has 2 aliphatic rings. The van der Waals surface area contributed by atoms with E-state index in [2.05, 4.69) is 10.3 Å². The zero-order valence-electron chi connectivity index (χ0n) is 13.2. The summed E-state index contributed by atoms with van der Waals surface area (Å²) in [6.07, 6.45) is -0.0349. The molecule has 1 saturated heterocycles. The highest BCUT2D eigenvalue weighted by molar-refractivity contribution is 5.99. The number of rotatable bonds is 4. The maximum Gasteiger partial charge on any atom is 0.262 e. The zero-order valence-corrected chi connectivity index (χ0v) is 13.2. The summed E-state index contributed by atoms with van der Waals surface area (Å²) in [4.78, 5) is 42.2. The van der Waals surface area contributed by atoms with Crippen LogP contribution >= 0.6 is 0 Å². The normalized spacial score (nSPS) is 22.5. The van der Waals surface area contributed by atoms with Crippen LogP contribution in [0.1, 0.15) is 20.8 Å². The standard InChI is InChI=1S/C14H22N4O4/c1-9(2)22-14-8-17(5-11(19)16-14)4-10(3)18-6-12(20)15-13(21)7-18/h9-10H,4-8H2,1-3H3,(H,15,20,21). The Bertz CT molecular complexity index is 487. The molecule has 0 spiro atoms. The molecule has 1 N–H and O–H groups in total. The molecule has 2 rings (SSSR count). The van der Waals surface area contributed by atoms with Crippen LogP contribution < -0.4 is 5.32 Å². The molecule has 0 aromatic carbocycles. The lowest BCUT2D eigenvalue weighted by atomic mass is 10.2. The van der Waals surface area contributed by atoms with Crippen LogP contribution in [0.15, 0.2) is 4.99 Å². The van der Waals surface area contributed by atoms with Gasteiger partial charge in [-0.15, -0.1) is 0 Å². The minimum Gasteiger partial charge on any atom is -0.477 e. The zero-order chi connectivity index (χ0) is 16.3. The number of aliphatic imine (C=N–C) groups is 1. The second-order valence-corrected chi connectivity index (χ2v) is 5.96. The third kappa shape index (κ3) is 4.60. The van der Waals surface area contributed by atoms with Gasteiger partial charge < -0.3 is 4.74 Å². The van der Waals surface area contributed by atoms with Crippen LogP contribution in [0.2, 0.25) is 0 Å². The first-order chi connectivity index (χ1) is 10.3. The highest BCUT2D eigenvalue weighted by atomic mass is 16.5. The van der Waals surface area contributed by atoms with Crippen LogP contribution in [-0.4, -0.2) is 78.3 Å². The highest BCUT2D eigenvalue weighted by Gasteiger charge is 2.29. The summed E-state index contributed by atoms with van der Waals surface area (Å²) in [5.41, 5.74) is 0. The molecule has 22 heavy (non-hydrogen) atoms. The Hall–Kier alpha value is -1.80. The van der Waals surface area contributed by atoms with Crippen molar-refractivity contribution in [1.82, 2.24) is 15.1 Å². The van der Waals surface area contributed by atoms with E-state index >= 15 is 0 Å². The molecule has 8 nitrogen and oxygen atoms in total. The number of amides is 3. The van der Waals surface area contributed by atoms with Crippen LogP contribution in [-0.2, 0) is 19.1 Å². The number of hydrogen-bond acceptors (Lipinski definition) is 6. The van der Waals surface area contributed by atoms with Crippen molar-refractivity contribution in [2.24, 2.45) is 4.99 Å². The van der Waals surface area contributed by atoms with E-state index in [-0.39, 0.29) is 49.5 Å². The second kappa shape index (κ2) is 6.97. The molecule has 1 fully saturated rings. The van der Waals surface area contributed by atoms with Gasteiger partial charge in [-0.1, -0.05) is 0 Å². The fraction of sp³-hybridized carbons (Fsp3) is 0.714. The first-order valence-corrected chi connectivity index (χ1v) is 7.39. The van der Waals surface area contributed by atoms with E-state index in [1.807, 2.05) is 25.7 Å². The number of carbonyl (C=O) groups is 3. The number of nitrogens with one attached hydrogen (secondary N) is 1. The van der Waals surface area contributed by atoms with Crippen molar-refractivity contribution in [3.8, 4) is 0 Å². The van der Waals surface area contributed by atoms with Crippen molar-refractivity contribution < 1.29 is 19.1 Å². The van der Waals surface area contributed by atoms with Gasteiger partial charge in [-0.25, -0.2) is 0 Å². The minimum atomic E-state index is -0.289. The molecule has 0 aromatic heterocycles. The Morgan fingerprint density at radius 3 is 2.32 bits per heavy atom. The van der Waals surface area contributed by atoms with Gasteiger partial charge in [0.15, 0.2) is 0 Å². The van der Waals surface area contributed by atoms with Crippen LogP contribution in [0.4, 0.5) is 0 Å². The van der Waals surface area contributed by atoms with Crippen LogP contribution in [0.25, 0.3) is 0 Å². The number of hydrogen-bond donors (Lipinski definition) is 1. The van der Waals surface area contributed by atoms with Crippen molar-refractivity contribution in [2.45, 2.75) is 32.9 Å². The van der Waals surface area contributed by atoms with E-state index in [0.717, 1.165) is 0 Å². The molecule has 0 aromatic rings. The van der Waals surface area contributed by atoms with Gasteiger partial charge in [0.25, 0.3) is 5.91 Å². The third-order valence-corrected chi connectivity index (χ3v) is 3.46. The van der Waals surface area contributed by atoms with Crippen molar-refractivity contribution >= 4 is 23.6 Å². The first kappa shape index (κ1) is 16.6. The Balaban J connectivity index is 1.92. The predicted molar refractivity (Wildman–Crippen MR) is 79.3 cm³/mol. The average Bonchev–Trinajstić information content (AvgIpc) is 2.35. The minimum absolute atomic E-state index is 0.0267. The van der Waals surface area contributed by atoms with Gasteiger partial charge in [0.1, 0.15) is 0 Å². The maximum absolute atomic E-state index is 11.7. The van der Waals surface area contributed by atoms with E-state index in [4.69, 9.17) is 4.74 Å². The largest absolute Gasteiger partial charge is 0.477 e. The van der Waals surface area contributed by atoms with Crippen molar-refractivity contribution in [3.05, 3.63) is 0 Å². The molecule has 0 bridgehead atoms. The van der Waals surface area contributed by atoms with E-state index in [0.29, 0.717) is 19.0 Å². The molecule has 122 valence electrons. The fourth-order valence-electron chi connectivity index (χ4n) is 2.57. The molecular weight excluding hydrogens is 288 g/mol. The lowest BCUT2D eigenvalue weighted by Gasteiger charge is -2.35. The summed E-state index contributed by atoms with van der Waals surface area (Å²) >= 11 is 0. The number of piperazine rings is 1. The van der Waals surface area contributed by atoms with E-state index < -0.39 is 0 Å². The third-order valence-electron chi connectivity index (χ3n) is 3.46. The van der Waals surface area contributed by atoms with Gasteiger partial charge in [0.2, 0.25) is 17.7 Å². The molecule has 1 atom stereocenters. The van der Waals surface area contributed by atoms with Crippen molar-refractivity contribution in [1.29, 1.82) is 0 Å². The number of imide groups is 1. The van der Waals surface area contributed by atoms with E-state index in [1.165, 1.54) is 0 Å². The molecular formula is C14H22N4O4. The Morgan fingerprint density at radius 2 is 1.73 bits per heavy atom. The lowest BCUT2D eigenvalue weighted by molar-refractivity contribution is -0.137. The van der Waals surface area contributed by atoms with Crippen molar-refractivity contribution in [2.75, 3.05) is 32.7 Å². The SMILES string of the molecule is CC(C)OC1=NC(=O)CN(CC(C)N2CC(=O)NC(=O)C2)C1. The molecule has 1 unspecified atom stereocenters. The summed E-state index contributed by atoms with van der Waals surface area (Å²) in [5, 5.41) is 2.28. The molecule has 3 amide bonds. The summed E-state index contributed by atoms with van der Waals surface area (Å²) in [6, 6.07) is -0.0267. The van der Waals surface area contributed by atoms with E-state index in [9.17, 15) is 14.4 Å². The van der Waals surface area contributed by atoms with Gasteiger partial charge >= 0.3 is 0 Å². The quantitative estimate of drug-likeness (QED) is 0.670. The monoisotopic (exact) mass is 310 g/mol. The number of ether oxygens (including phenoxy) is 1. The van der Waals surface area contributed by atoms with Gasteiger partial charge in [-0.3, -0.25) is 29.5 Å². The summed E-state index contributed by atoms with van der Waals surface area (Å²) in [7, 11) is 0. The first-order valence-electron chi connectivity index (χ1n) is 7.39. The van der Waals surface area contributed by atoms with Crippen LogP contribution in [0.3, 0.4) is 0 Å². The Kier molecular flexibility index (Phi) is 5.25. The predicted octanol–water partition coefficient (Wildman–Crippen LogP) is -1.00. The number of carbonyl (C=O) groups excluding carboxylic acids is 3. The summed E-state index contributed by atoms with van der Waals surface area (Å²) in [6.45, 7) is 7.33. The molecule has 0 radical (unpaired) electrons. The van der Waals surface area contributed by atoms with Gasteiger partial charge in [0.05, 0.1) is 32.3 Å². The second-order valence-electron chi connectivity index (χ2n) is 5.96. The summed E-state index contributed by atoms with van der Waals surface area (Å²) in [5.74, 6) is -0.390. The topological polar surface area (TPSA) is 91.3 Å². The fourth-order valence-corrected chi connectivity index (χ4v) is 2.57. The molecule has 2 heterocycles. The number of nitrogens with zero attached hydrogens (tertiary/aromatic N) is 3. The maximum atomic E-state index is 11.7. The van der Waals surface area contributed by atoms with Gasteiger partial charge in [0, 0.05) is 12.6 Å². The smallest absolute Gasteiger partial charge is 0.262 e. The average molecular weight is 310 g/mol. The van der Waals surface area contributed by atoms with Crippen LogP contribution in [0, 0.1) is 0 Å². The molecule has 8 heteroatoms. The highest BCUT2D eigenvalue weighted by Crippen LogP contribution is 2.09. The summed E-state index contributed by atoms with van der Waals surface area (Å²) < 4.78 is 5.51. The van der Waals surface area contributed by atoms with Crippen molar-refractivity contribution in [3.63, 3.8) is 0 Å². The molecule has 0 saturated carbocycles. The van der Waals surface area contributed by atoms with Crippen LogP contribution in [0.5, 0.6) is 0 Å². The Labute approximate surface area is 129 Å². The van der Waals surface area contributed by atoms with E-state index in [1.54, 1.807) is 4.90 Å². The lowest BCUT2D eigenvalue weighted by Crippen LogP contribution is -2.57. The van der Waals surface area contributed by atoms with Gasteiger partial charge in [-0.2, -0.15) is 4.99 Å². The molecule has 2 aliphatic heterocycles. The Morgan fingerprint density at radius 1 is 1.09 bits per heavy atom.